The van der Waals surface area contributed by atoms with Gasteiger partial charge in [0.2, 0.25) is 0 Å². The van der Waals surface area contributed by atoms with Crippen LogP contribution in [0.3, 0.4) is 0 Å². The van der Waals surface area contributed by atoms with Crippen molar-refractivity contribution in [1.29, 1.82) is 0 Å². The van der Waals surface area contributed by atoms with Crippen LogP contribution < -0.4 is 10.6 Å². The van der Waals surface area contributed by atoms with Crippen LogP contribution in [-0.2, 0) is 17.8 Å². The molecular weight excluding hydrogens is 228 g/mol. The van der Waals surface area contributed by atoms with Gasteiger partial charge >= 0.3 is 6.09 Å². The van der Waals surface area contributed by atoms with Crippen LogP contribution in [0.15, 0.2) is 24.3 Å². The highest BCUT2D eigenvalue weighted by Gasteiger charge is 2.15. The molecule has 100 valence electrons. The second-order valence-electron chi connectivity index (χ2n) is 5.21. The van der Waals surface area contributed by atoms with Crippen LogP contribution in [-0.4, -0.2) is 18.7 Å². The molecule has 18 heavy (non-hydrogen) atoms. The number of nitrogens with one attached hydrogen (secondary N) is 2. The number of benzene rings is 1. The van der Waals surface area contributed by atoms with Crippen LogP contribution in [0.5, 0.6) is 0 Å². The Bertz CT molecular complexity index is 397. The van der Waals surface area contributed by atoms with Crippen LogP contribution in [0.1, 0.15) is 31.9 Å². The number of hydrogen-bond donors (Lipinski definition) is 2. The highest BCUT2D eigenvalue weighted by molar-refractivity contribution is 5.67. The van der Waals surface area contributed by atoms with Crippen molar-refractivity contribution in [3.05, 3.63) is 35.4 Å². The first-order valence-electron chi connectivity index (χ1n) is 6.10. The number of carbonyl (C=O) groups is 1. The van der Waals surface area contributed by atoms with E-state index in [-0.39, 0.29) is 6.09 Å². The summed E-state index contributed by atoms with van der Waals surface area (Å²) in [5.41, 5.74) is 1.80. The lowest BCUT2D eigenvalue weighted by Crippen LogP contribution is -2.32. The number of rotatable bonds is 4. The Morgan fingerprint density at radius 1 is 1.22 bits per heavy atom. The number of alkyl carbamates (subject to hydrolysis) is 1. The first kappa shape index (κ1) is 14.5. The van der Waals surface area contributed by atoms with Gasteiger partial charge in [-0.15, -0.1) is 0 Å². The van der Waals surface area contributed by atoms with E-state index < -0.39 is 5.60 Å². The minimum atomic E-state index is -0.460. The van der Waals surface area contributed by atoms with E-state index in [2.05, 4.69) is 16.7 Å². The summed E-state index contributed by atoms with van der Waals surface area (Å²) in [6.07, 6.45) is -0.387. The minimum absolute atomic E-state index is 0.387. The molecular formula is C14H22N2O2. The fraction of sp³-hybridized carbons (Fsp3) is 0.500. The first-order chi connectivity index (χ1) is 8.40. The van der Waals surface area contributed by atoms with Gasteiger partial charge in [-0.3, -0.25) is 0 Å². The van der Waals surface area contributed by atoms with Crippen molar-refractivity contribution in [2.45, 2.75) is 39.5 Å². The van der Waals surface area contributed by atoms with Crippen LogP contribution in [0.4, 0.5) is 4.79 Å². The standard InChI is InChI=1S/C14H22N2O2/c1-14(2,3)18-13(17)16-10-12-7-5-6-11(8-12)9-15-4/h5-8,15H,9-10H2,1-4H3,(H,16,17). The highest BCUT2D eigenvalue weighted by Crippen LogP contribution is 2.08. The predicted octanol–water partition coefficient (Wildman–Crippen LogP) is 2.43. The lowest BCUT2D eigenvalue weighted by Gasteiger charge is -2.19. The molecule has 0 aliphatic carbocycles. The van der Waals surface area contributed by atoms with Crippen molar-refractivity contribution >= 4 is 6.09 Å². The zero-order chi connectivity index (χ0) is 13.6. The molecule has 0 aliphatic rings. The molecule has 1 rings (SSSR count). The maximum absolute atomic E-state index is 11.5. The summed E-state index contributed by atoms with van der Waals surface area (Å²) in [7, 11) is 1.91. The molecule has 0 saturated carbocycles. The number of carbonyl (C=O) groups excluding carboxylic acids is 1. The SMILES string of the molecule is CNCc1cccc(CNC(=O)OC(C)(C)C)c1. The van der Waals surface area contributed by atoms with Crippen LogP contribution >= 0.6 is 0 Å². The summed E-state index contributed by atoms with van der Waals surface area (Å²) in [6, 6.07) is 8.08. The molecule has 0 unspecified atom stereocenters. The molecule has 0 saturated heterocycles. The van der Waals surface area contributed by atoms with Gasteiger partial charge in [0.15, 0.2) is 0 Å². The third kappa shape index (κ3) is 5.68. The molecule has 0 aromatic heterocycles. The van der Waals surface area contributed by atoms with Gasteiger partial charge in [0, 0.05) is 13.1 Å². The van der Waals surface area contributed by atoms with E-state index in [1.54, 1.807) is 0 Å². The molecule has 0 spiro atoms. The number of hydrogen-bond acceptors (Lipinski definition) is 3. The Hall–Kier alpha value is -1.55. The Balaban J connectivity index is 2.48. The Morgan fingerprint density at radius 2 is 1.83 bits per heavy atom. The van der Waals surface area contributed by atoms with E-state index in [0.29, 0.717) is 6.54 Å². The quantitative estimate of drug-likeness (QED) is 0.863. The second-order valence-corrected chi connectivity index (χ2v) is 5.21. The molecule has 1 amide bonds. The Morgan fingerprint density at radius 3 is 2.39 bits per heavy atom. The monoisotopic (exact) mass is 250 g/mol. The molecule has 4 heteroatoms. The summed E-state index contributed by atoms with van der Waals surface area (Å²) >= 11 is 0. The zero-order valence-corrected chi connectivity index (χ0v) is 11.5. The van der Waals surface area contributed by atoms with E-state index >= 15 is 0 Å². The molecule has 1 aromatic rings. The van der Waals surface area contributed by atoms with Gasteiger partial charge in [-0.1, -0.05) is 24.3 Å². The van der Waals surface area contributed by atoms with Crippen molar-refractivity contribution in [2.24, 2.45) is 0 Å². The second kappa shape index (κ2) is 6.40. The molecule has 1 aromatic carbocycles. The molecule has 0 atom stereocenters. The van der Waals surface area contributed by atoms with Crippen molar-refractivity contribution in [3.63, 3.8) is 0 Å². The van der Waals surface area contributed by atoms with E-state index in [4.69, 9.17) is 4.74 Å². The maximum atomic E-state index is 11.5. The van der Waals surface area contributed by atoms with Crippen LogP contribution in [0, 0.1) is 0 Å². The maximum Gasteiger partial charge on any atom is 0.407 e. The van der Waals surface area contributed by atoms with Crippen molar-refractivity contribution in [3.8, 4) is 0 Å². The van der Waals surface area contributed by atoms with Crippen molar-refractivity contribution in [1.82, 2.24) is 10.6 Å². The Kier molecular flexibility index (Phi) is 5.16. The highest BCUT2D eigenvalue weighted by atomic mass is 16.6. The molecule has 0 aliphatic heterocycles. The molecule has 0 radical (unpaired) electrons. The summed E-state index contributed by atoms with van der Waals surface area (Å²) in [5.74, 6) is 0. The summed E-state index contributed by atoms with van der Waals surface area (Å²) < 4.78 is 5.17. The van der Waals surface area contributed by atoms with E-state index in [1.807, 2.05) is 46.0 Å². The lowest BCUT2D eigenvalue weighted by molar-refractivity contribution is 0.0523. The third-order valence-corrected chi connectivity index (χ3v) is 2.21. The fourth-order valence-corrected chi connectivity index (χ4v) is 1.54. The molecule has 0 heterocycles. The third-order valence-electron chi connectivity index (χ3n) is 2.21. The lowest BCUT2D eigenvalue weighted by atomic mass is 10.1. The summed E-state index contributed by atoms with van der Waals surface area (Å²) in [4.78, 5) is 11.5. The van der Waals surface area contributed by atoms with Gasteiger partial charge < -0.3 is 15.4 Å². The molecule has 0 fully saturated rings. The smallest absolute Gasteiger partial charge is 0.407 e. The van der Waals surface area contributed by atoms with E-state index in [1.165, 1.54) is 5.56 Å². The topological polar surface area (TPSA) is 50.4 Å². The van der Waals surface area contributed by atoms with E-state index in [9.17, 15) is 4.79 Å². The van der Waals surface area contributed by atoms with Crippen molar-refractivity contribution in [2.75, 3.05) is 7.05 Å². The van der Waals surface area contributed by atoms with Gasteiger partial charge in [0.25, 0.3) is 0 Å². The van der Waals surface area contributed by atoms with Gasteiger partial charge in [-0.2, -0.15) is 0 Å². The minimum Gasteiger partial charge on any atom is -0.444 e. The van der Waals surface area contributed by atoms with Crippen LogP contribution in [0.2, 0.25) is 0 Å². The average molecular weight is 250 g/mol. The first-order valence-corrected chi connectivity index (χ1v) is 6.10. The molecule has 4 nitrogen and oxygen atoms in total. The predicted molar refractivity (Wildman–Crippen MR) is 72.3 cm³/mol. The van der Waals surface area contributed by atoms with Gasteiger partial charge in [-0.25, -0.2) is 4.79 Å². The van der Waals surface area contributed by atoms with E-state index in [0.717, 1.165) is 12.1 Å². The molecule has 2 N–H and O–H groups in total. The largest absolute Gasteiger partial charge is 0.444 e. The number of amides is 1. The molecule has 0 bridgehead atoms. The number of ether oxygens (including phenoxy) is 1. The van der Waals surface area contributed by atoms with Crippen LogP contribution in [0.25, 0.3) is 0 Å². The van der Waals surface area contributed by atoms with Gasteiger partial charge in [0.1, 0.15) is 5.60 Å². The fourth-order valence-electron chi connectivity index (χ4n) is 1.54. The summed E-state index contributed by atoms with van der Waals surface area (Å²) in [6.45, 7) is 6.84. The summed E-state index contributed by atoms with van der Waals surface area (Å²) in [5, 5.41) is 5.84. The normalized spacial score (nSPS) is 11.1. The van der Waals surface area contributed by atoms with Gasteiger partial charge in [-0.05, 0) is 38.9 Å². The average Bonchev–Trinajstić information content (AvgIpc) is 2.25. The zero-order valence-electron chi connectivity index (χ0n) is 11.5. The van der Waals surface area contributed by atoms with Gasteiger partial charge in [0.05, 0.1) is 0 Å². The van der Waals surface area contributed by atoms with Crippen molar-refractivity contribution < 1.29 is 9.53 Å². The Labute approximate surface area is 109 Å².